The van der Waals surface area contributed by atoms with Crippen molar-refractivity contribution in [2.24, 2.45) is 0 Å². The lowest BCUT2D eigenvalue weighted by atomic mass is 10.1. The maximum Gasteiger partial charge on any atom is 0.229 e. The number of aromatic nitrogens is 3. The van der Waals surface area contributed by atoms with E-state index in [1.54, 1.807) is 0 Å². The van der Waals surface area contributed by atoms with Crippen molar-refractivity contribution in [2.45, 2.75) is 44.7 Å². The summed E-state index contributed by atoms with van der Waals surface area (Å²) in [5.74, 6) is 2.21. The second-order valence-electron chi connectivity index (χ2n) is 6.95. The highest BCUT2D eigenvalue weighted by atomic mass is 16.5. The lowest BCUT2D eigenvalue weighted by Gasteiger charge is -2.27. The first-order chi connectivity index (χ1) is 11.8. The summed E-state index contributed by atoms with van der Waals surface area (Å²) in [5.41, 5.74) is 1.29. The van der Waals surface area contributed by atoms with Crippen LogP contribution in [-0.2, 0) is 6.54 Å². The molecule has 2 aromatic heterocycles. The van der Waals surface area contributed by atoms with Gasteiger partial charge >= 0.3 is 0 Å². The van der Waals surface area contributed by atoms with E-state index in [0.29, 0.717) is 12.0 Å². The summed E-state index contributed by atoms with van der Waals surface area (Å²) >= 11 is 0. The molecule has 1 atom stereocenters. The van der Waals surface area contributed by atoms with Crippen LogP contribution >= 0.6 is 0 Å². The SMILES string of the molecule is C[C@H](c1cccnc1)N1CCCN(Cc2noc(C3CC3)n2)CC1. The minimum Gasteiger partial charge on any atom is -0.339 e. The molecule has 6 nitrogen and oxygen atoms in total. The summed E-state index contributed by atoms with van der Waals surface area (Å²) in [7, 11) is 0. The predicted octanol–water partition coefficient (Wildman–Crippen LogP) is 2.61. The van der Waals surface area contributed by atoms with Gasteiger partial charge in [-0.25, -0.2) is 0 Å². The zero-order chi connectivity index (χ0) is 16.4. The standard InChI is InChI=1S/C18H25N5O/c1-14(16-4-2-7-19-12-16)23-9-3-8-22(10-11-23)13-17-20-18(24-21-17)15-5-6-15/h2,4,7,12,14-15H,3,5-6,8-11,13H2,1H3/t14-/m1/s1. The Kier molecular flexibility index (Phi) is 4.58. The molecule has 0 amide bonds. The second kappa shape index (κ2) is 6.99. The van der Waals surface area contributed by atoms with Gasteiger partial charge in [0, 0.05) is 44.0 Å². The van der Waals surface area contributed by atoms with Crippen molar-refractivity contribution in [2.75, 3.05) is 26.2 Å². The normalized spacial score (nSPS) is 21.5. The monoisotopic (exact) mass is 327 g/mol. The topological polar surface area (TPSA) is 58.3 Å². The van der Waals surface area contributed by atoms with Crippen LogP contribution in [0.15, 0.2) is 29.0 Å². The van der Waals surface area contributed by atoms with Crippen LogP contribution in [0.5, 0.6) is 0 Å². The average Bonchev–Trinajstić information content (AvgIpc) is 3.40. The Morgan fingerprint density at radius 1 is 1.25 bits per heavy atom. The third-order valence-electron chi connectivity index (χ3n) is 5.11. The molecule has 1 saturated carbocycles. The molecule has 2 aromatic rings. The molecule has 6 heteroatoms. The first-order valence-electron chi connectivity index (χ1n) is 8.98. The van der Waals surface area contributed by atoms with Gasteiger partial charge in [-0.2, -0.15) is 4.98 Å². The summed E-state index contributed by atoms with van der Waals surface area (Å²) in [6.45, 7) is 7.37. The van der Waals surface area contributed by atoms with Crippen molar-refractivity contribution in [1.29, 1.82) is 0 Å². The number of hydrogen-bond acceptors (Lipinski definition) is 6. The number of hydrogen-bond donors (Lipinski definition) is 0. The summed E-state index contributed by atoms with van der Waals surface area (Å²) < 4.78 is 5.37. The van der Waals surface area contributed by atoms with Crippen LogP contribution in [0.25, 0.3) is 0 Å². The summed E-state index contributed by atoms with van der Waals surface area (Å²) in [6, 6.07) is 4.59. The summed E-state index contributed by atoms with van der Waals surface area (Å²) in [5, 5.41) is 4.15. The maximum atomic E-state index is 5.37. The minimum absolute atomic E-state index is 0.408. The van der Waals surface area contributed by atoms with E-state index in [2.05, 4.69) is 37.9 Å². The molecule has 128 valence electrons. The molecular formula is C18H25N5O. The molecule has 1 aliphatic carbocycles. The van der Waals surface area contributed by atoms with Gasteiger partial charge in [0.25, 0.3) is 0 Å². The minimum atomic E-state index is 0.408. The van der Waals surface area contributed by atoms with Crippen LogP contribution in [-0.4, -0.2) is 51.1 Å². The fraction of sp³-hybridized carbons (Fsp3) is 0.611. The number of rotatable bonds is 5. The quantitative estimate of drug-likeness (QED) is 0.841. The Labute approximate surface area is 142 Å². The Hall–Kier alpha value is -1.79. The Morgan fingerprint density at radius 2 is 2.17 bits per heavy atom. The molecule has 0 N–H and O–H groups in total. The number of nitrogens with zero attached hydrogens (tertiary/aromatic N) is 5. The van der Waals surface area contributed by atoms with E-state index in [1.165, 1.54) is 18.4 Å². The predicted molar refractivity (Wildman–Crippen MR) is 90.4 cm³/mol. The van der Waals surface area contributed by atoms with Gasteiger partial charge in [-0.3, -0.25) is 14.8 Å². The van der Waals surface area contributed by atoms with Gasteiger partial charge in [0.1, 0.15) is 0 Å². The highest BCUT2D eigenvalue weighted by Crippen LogP contribution is 2.38. The van der Waals surface area contributed by atoms with Crippen molar-refractivity contribution in [3.63, 3.8) is 0 Å². The molecule has 4 rings (SSSR count). The van der Waals surface area contributed by atoms with E-state index in [1.807, 2.05) is 18.5 Å². The molecule has 0 radical (unpaired) electrons. The molecule has 0 unspecified atom stereocenters. The number of pyridine rings is 1. The smallest absolute Gasteiger partial charge is 0.229 e. The van der Waals surface area contributed by atoms with E-state index in [-0.39, 0.29) is 0 Å². The van der Waals surface area contributed by atoms with Gasteiger partial charge in [-0.1, -0.05) is 11.2 Å². The van der Waals surface area contributed by atoms with E-state index in [9.17, 15) is 0 Å². The molecule has 1 saturated heterocycles. The molecular weight excluding hydrogens is 302 g/mol. The average molecular weight is 327 g/mol. The lowest BCUT2D eigenvalue weighted by molar-refractivity contribution is 0.206. The maximum absolute atomic E-state index is 5.37. The fourth-order valence-corrected chi connectivity index (χ4v) is 3.40. The van der Waals surface area contributed by atoms with Crippen molar-refractivity contribution in [3.05, 3.63) is 41.8 Å². The van der Waals surface area contributed by atoms with Crippen LogP contribution in [0.2, 0.25) is 0 Å². The molecule has 2 fully saturated rings. The van der Waals surface area contributed by atoms with Crippen molar-refractivity contribution < 1.29 is 4.52 Å². The molecule has 0 spiro atoms. The van der Waals surface area contributed by atoms with E-state index >= 15 is 0 Å². The Morgan fingerprint density at radius 3 is 2.96 bits per heavy atom. The molecule has 0 bridgehead atoms. The van der Waals surface area contributed by atoms with E-state index in [0.717, 1.165) is 50.9 Å². The molecule has 0 aromatic carbocycles. The van der Waals surface area contributed by atoms with Crippen LogP contribution in [0, 0.1) is 0 Å². The zero-order valence-corrected chi connectivity index (χ0v) is 14.3. The van der Waals surface area contributed by atoms with Gasteiger partial charge in [0.15, 0.2) is 5.82 Å². The van der Waals surface area contributed by atoms with Crippen molar-refractivity contribution >= 4 is 0 Å². The van der Waals surface area contributed by atoms with Gasteiger partial charge in [0.05, 0.1) is 6.54 Å². The lowest BCUT2D eigenvalue weighted by Crippen LogP contribution is -2.32. The Balaban J connectivity index is 1.33. The van der Waals surface area contributed by atoms with Crippen molar-refractivity contribution in [3.8, 4) is 0 Å². The van der Waals surface area contributed by atoms with Gasteiger partial charge in [-0.05, 0) is 44.4 Å². The van der Waals surface area contributed by atoms with Gasteiger partial charge in [-0.15, -0.1) is 0 Å². The van der Waals surface area contributed by atoms with Crippen LogP contribution < -0.4 is 0 Å². The fourth-order valence-electron chi connectivity index (χ4n) is 3.40. The van der Waals surface area contributed by atoms with Gasteiger partial charge in [0.2, 0.25) is 5.89 Å². The molecule has 1 aliphatic heterocycles. The first-order valence-corrected chi connectivity index (χ1v) is 8.98. The third kappa shape index (κ3) is 3.65. The summed E-state index contributed by atoms with van der Waals surface area (Å²) in [6.07, 6.45) is 7.38. The molecule has 24 heavy (non-hydrogen) atoms. The highest BCUT2D eigenvalue weighted by molar-refractivity contribution is 5.13. The van der Waals surface area contributed by atoms with Gasteiger partial charge < -0.3 is 4.52 Å². The third-order valence-corrected chi connectivity index (χ3v) is 5.11. The summed E-state index contributed by atoms with van der Waals surface area (Å²) in [4.78, 5) is 13.8. The van der Waals surface area contributed by atoms with Crippen molar-refractivity contribution in [1.82, 2.24) is 24.9 Å². The highest BCUT2D eigenvalue weighted by Gasteiger charge is 2.30. The first kappa shape index (κ1) is 15.7. The van der Waals surface area contributed by atoms with Crippen LogP contribution in [0.4, 0.5) is 0 Å². The van der Waals surface area contributed by atoms with E-state index < -0.39 is 0 Å². The van der Waals surface area contributed by atoms with Crippen LogP contribution in [0.1, 0.15) is 55.4 Å². The van der Waals surface area contributed by atoms with E-state index in [4.69, 9.17) is 4.52 Å². The second-order valence-corrected chi connectivity index (χ2v) is 6.95. The molecule has 2 aliphatic rings. The largest absolute Gasteiger partial charge is 0.339 e. The zero-order valence-electron chi connectivity index (χ0n) is 14.3. The van der Waals surface area contributed by atoms with Crippen LogP contribution in [0.3, 0.4) is 0 Å². The Bertz CT molecular complexity index is 654. The molecule has 3 heterocycles.